The molecule has 2 heterocycles. The third kappa shape index (κ3) is 3.54. The first-order valence-corrected chi connectivity index (χ1v) is 8.70. The largest absolute Gasteiger partial charge is 0.349 e. The Labute approximate surface area is 144 Å². The zero-order valence-corrected chi connectivity index (χ0v) is 14.7. The maximum Gasteiger partial charge on any atom is 0.261 e. The number of carbonyl (C=O) groups excluding carboxylic acids is 1. The number of thiophene rings is 1. The number of nitrogens with zero attached hydrogens (tertiary/aromatic N) is 2. The van der Waals surface area contributed by atoms with Crippen molar-refractivity contribution in [2.24, 2.45) is 0 Å². The van der Waals surface area contributed by atoms with E-state index in [2.05, 4.69) is 15.5 Å². The van der Waals surface area contributed by atoms with E-state index < -0.39 is 0 Å². The van der Waals surface area contributed by atoms with Crippen molar-refractivity contribution in [2.75, 3.05) is 0 Å². The molecule has 5 nitrogen and oxygen atoms in total. The van der Waals surface area contributed by atoms with E-state index in [1.54, 1.807) is 6.07 Å². The molecule has 0 spiro atoms. The number of aryl methyl sites for hydroxylation is 1. The predicted octanol–water partition coefficient (Wildman–Crippen LogP) is 4.30. The zero-order valence-electron chi connectivity index (χ0n) is 13.9. The quantitative estimate of drug-likeness (QED) is 0.751. The van der Waals surface area contributed by atoms with Crippen molar-refractivity contribution in [1.82, 2.24) is 15.5 Å². The van der Waals surface area contributed by atoms with Crippen LogP contribution in [-0.4, -0.2) is 22.1 Å². The molecule has 124 valence electrons. The van der Waals surface area contributed by atoms with Gasteiger partial charge in [0.2, 0.25) is 5.82 Å². The van der Waals surface area contributed by atoms with Gasteiger partial charge in [-0.15, -0.1) is 11.3 Å². The Morgan fingerprint density at radius 1 is 1.25 bits per heavy atom. The van der Waals surface area contributed by atoms with Gasteiger partial charge < -0.3 is 9.84 Å². The summed E-state index contributed by atoms with van der Waals surface area (Å²) < 4.78 is 5.34. The first kappa shape index (κ1) is 16.4. The summed E-state index contributed by atoms with van der Waals surface area (Å²) in [7, 11) is 0. The molecule has 1 amide bonds. The van der Waals surface area contributed by atoms with Crippen LogP contribution in [0.2, 0.25) is 0 Å². The first-order chi connectivity index (χ1) is 11.6. The second-order valence-corrected chi connectivity index (χ2v) is 6.82. The summed E-state index contributed by atoms with van der Waals surface area (Å²) in [5.41, 5.74) is 2.05. The van der Waals surface area contributed by atoms with Gasteiger partial charge in [0.15, 0.2) is 0 Å². The van der Waals surface area contributed by atoms with Crippen LogP contribution in [0, 0.1) is 6.92 Å². The number of rotatable bonds is 5. The van der Waals surface area contributed by atoms with Crippen LogP contribution in [-0.2, 0) is 0 Å². The number of benzene rings is 1. The van der Waals surface area contributed by atoms with E-state index in [0.717, 1.165) is 16.9 Å². The lowest BCUT2D eigenvalue weighted by Crippen LogP contribution is -2.31. The van der Waals surface area contributed by atoms with Crippen molar-refractivity contribution in [3.63, 3.8) is 0 Å². The summed E-state index contributed by atoms with van der Waals surface area (Å²) in [6.45, 7) is 6.05. The highest BCUT2D eigenvalue weighted by Crippen LogP contribution is 2.28. The van der Waals surface area contributed by atoms with Crippen LogP contribution in [0.15, 0.2) is 40.9 Å². The fourth-order valence-corrected chi connectivity index (χ4v) is 2.95. The molecule has 1 atom stereocenters. The molecule has 24 heavy (non-hydrogen) atoms. The van der Waals surface area contributed by atoms with Crippen molar-refractivity contribution in [3.05, 3.63) is 46.8 Å². The van der Waals surface area contributed by atoms with Crippen LogP contribution < -0.4 is 5.32 Å². The average molecular weight is 341 g/mol. The van der Waals surface area contributed by atoms with Gasteiger partial charge in [0.05, 0.1) is 9.75 Å². The second kappa shape index (κ2) is 6.97. The van der Waals surface area contributed by atoms with Gasteiger partial charge in [-0.25, -0.2) is 0 Å². The molecule has 0 radical (unpaired) electrons. The number of nitrogens with one attached hydrogen (secondary N) is 1. The molecule has 0 saturated carbocycles. The van der Waals surface area contributed by atoms with Gasteiger partial charge in [0.25, 0.3) is 11.8 Å². The summed E-state index contributed by atoms with van der Waals surface area (Å²) in [6.07, 6.45) is 0.898. The SMILES string of the molecule is CC[C@H](C)NC(=O)c1ccc(-c2noc(-c3ccc(C)cc3)n2)s1. The second-order valence-electron chi connectivity index (χ2n) is 5.74. The highest BCUT2D eigenvalue weighted by atomic mass is 32.1. The Morgan fingerprint density at radius 3 is 2.71 bits per heavy atom. The molecule has 6 heteroatoms. The smallest absolute Gasteiger partial charge is 0.261 e. The van der Waals surface area contributed by atoms with Crippen LogP contribution >= 0.6 is 11.3 Å². The molecule has 1 aromatic carbocycles. The summed E-state index contributed by atoms with van der Waals surface area (Å²) >= 11 is 1.36. The van der Waals surface area contributed by atoms with E-state index in [4.69, 9.17) is 4.52 Å². The highest BCUT2D eigenvalue weighted by Gasteiger charge is 2.16. The topological polar surface area (TPSA) is 68.0 Å². The fourth-order valence-electron chi connectivity index (χ4n) is 2.11. The molecule has 0 saturated heterocycles. The molecule has 0 unspecified atom stereocenters. The molecule has 0 fully saturated rings. The highest BCUT2D eigenvalue weighted by molar-refractivity contribution is 7.17. The normalized spacial score (nSPS) is 12.1. The lowest BCUT2D eigenvalue weighted by atomic mass is 10.1. The van der Waals surface area contributed by atoms with E-state index in [1.807, 2.05) is 51.1 Å². The summed E-state index contributed by atoms with van der Waals surface area (Å²) in [4.78, 5) is 18.0. The molecule has 0 aliphatic rings. The third-order valence-electron chi connectivity index (χ3n) is 3.76. The minimum absolute atomic E-state index is 0.0668. The van der Waals surface area contributed by atoms with Gasteiger partial charge in [-0.05, 0) is 44.5 Å². The Hall–Kier alpha value is -2.47. The van der Waals surface area contributed by atoms with Gasteiger partial charge in [-0.3, -0.25) is 4.79 Å². The van der Waals surface area contributed by atoms with E-state index >= 15 is 0 Å². The van der Waals surface area contributed by atoms with E-state index in [1.165, 1.54) is 16.9 Å². The molecular weight excluding hydrogens is 322 g/mol. The maximum atomic E-state index is 12.2. The monoisotopic (exact) mass is 341 g/mol. The molecule has 0 bridgehead atoms. The molecular formula is C18H19N3O2S. The van der Waals surface area contributed by atoms with Crippen molar-refractivity contribution in [1.29, 1.82) is 0 Å². The molecule has 1 N–H and O–H groups in total. The molecule has 0 aliphatic heterocycles. The van der Waals surface area contributed by atoms with E-state index in [0.29, 0.717) is 16.6 Å². The summed E-state index contributed by atoms with van der Waals surface area (Å²) in [6, 6.07) is 11.7. The minimum atomic E-state index is -0.0668. The Balaban J connectivity index is 1.78. The van der Waals surface area contributed by atoms with Gasteiger partial charge in [0, 0.05) is 11.6 Å². The van der Waals surface area contributed by atoms with Crippen LogP contribution in [0.4, 0.5) is 0 Å². The minimum Gasteiger partial charge on any atom is -0.349 e. The van der Waals surface area contributed by atoms with Crippen molar-refractivity contribution >= 4 is 17.2 Å². The molecule has 3 rings (SSSR count). The number of carbonyl (C=O) groups is 1. The Bertz CT molecular complexity index is 836. The third-order valence-corrected chi connectivity index (χ3v) is 4.84. The van der Waals surface area contributed by atoms with E-state index in [-0.39, 0.29) is 11.9 Å². The number of hydrogen-bond acceptors (Lipinski definition) is 5. The number of hydrogen-bond donors (Lipinski definition) is 1. The van der Waals surface area contributed by atoms with Gasteiger partial charge in [-0.2, -0.15) is 4.98 Å². The zero-order chi connectivity index (χ0) is 17.1. The first-order valence-electron chi connectivity index (χ1n) is 7.88. The van der Waals surface area contributed by atoms with Gasteiger partial charge in [-0.1, -0.05) is 29.8 Å². The molecule has 0 aliphatic carbocycles. The van der Waals surface area contributed by atoms with Gasteiger partial charge >= 0.3 is 0 Å². The number of amides is 1. The van der Waals surface area contributed by atoms with Crippen LogP contribution in [0.1, 0.15) is 35.5 Å². The molecule has 2 aromatic heterocycles. The van der Waals surface area contributed by atoms with Crippen LogP contribution in [0.3, 0.4) is 0 Å². The molecule has 3 aromatic rings. The van der Waals surface area contributed by atoms with Crippen LogP contribution in [0.5, 0.6) is 0 Å². The van der Waals surface area contributed by atoms with Crippen molar-refractivity contribution in [2.45, 2.75) is 33.2 Å². The number of aromatic nitrogens is 2. The van der Waals surface area contributed by atoms with Crippen molar-refractivity contribution < 1.29 is 9.32 Å². The van der Waals surface area contributed by atoms with Crippen molar-refractivity contribution in [3.8, 4) is 22.2 Å². The Kier molecular flexibility index (Phi) is 4.76. The van der Waals surface area contributed by atoms with Crippen LogP contribution in [0.25, 0.3) is 22.2 Å². The van der Waals surface area contributed by atoms with Gasteiger partial charge in [0.1, 0.15) is 0 Å². The van der Waals surface area contributed by atoms with E-state index in [9.17, 15) is 4.79 Å². The lowest BCUT2D eigenvalue weighted by molar-refractivity contribution is 0.0943. The predicted molar refractivity (Wildman–Crippen MR) is 95.0 cm³/mol. The summed E-state index contributed by atoms with van der Waals surface area (Å²) in [5, 5.41) is 6.98. The average Bonchev–Trinajstić information content (AvgIpc) is 3.24. The maximum absolute atomic E-state index is 12.2. The fraction of sp³-hybridized carbons (Fsp3) is 0.278. The Morgan fingerprint density at radius 2 is 2.00 bits per heavy atom. The lowest BCUT2D eigenvalue weighted by Gasteiger charge is -2.09. The summed E-state index contributed by atoms with van der Waals surface area (Å²) in [5.74, 6) is 0.907. The standard InChI is InChI=1S/C18H19N3O2S/c1-4-12(3)19-17(22)15-10-9-14(24-15)16-20-18(23-21-16)13-7-5-11(2)6-8-13/h5-10,12H,4H2,1-3H3,(H,19,22)/t12-/m0/s1.